The number of carboxylic acid groups (broad SMARTS) is 1. The maximum Gasteiger partial charge on any atom is 0.314 e. The van der Waals surface area contributed by atoms with Crippen molar-refractivity contribution in [3.63, 3.8) is 0 Å². The number of nitrogens with two attached hydrogens (primary N) is 1. The van der Waals surface area contributed by atoms with Crippen LogP contribution in [0.25, 0.3) is 0 Å². The number of aliphatic carboxylic acids is 1. The standard InChI is InChI=1S/C13H14ClF2NO2/c14-8-1-2-10(17)9(7-8)12(11(18)19)3-5-13(15,16)6-4-12/h1-2,7H,3-6,17H2,(H,18,19). The van der Waals surface area contributed by atoms with E-state index in [1.807, 2.05) is 0 Å². The smallest absolute Gasteiger partial charge is 0.314 e. The number of benzene rings is 1. The zero-order chi connectivity index (χ0) is 14.3. The van der Waals surface area contributed by atoms with Gasteiger partial charge in [-0.25, -0.2) is 8.78 Å². The second-order valence-corrected chi connectivity index (χ2v) is 5.41. The summed E-state index contributed by atoms with van der Waals surface area (Å²) < 4.78 is 26.5. The van der Waals surface area contributed by atoms with E-state index in [1.54, 1.807) is 6.07 Å². The van der Waals surface area contributed by atoms with Crippen LogP contribution in [-0.2, 0) is 10.2 Å². The van der Waals surface area contributed by atoms with Crippen molar-refractivity contribution in [2.75, 3.05) is 5.73 Å². The van der Waals surface area contributed by atoms with Crippen LogP contribution in [0.5, 0.6) is 0 Å². The van der Waals surface area contributed by atoms with E-state index in [2.05, 4.69) is 0 Å². The SMILES string of the molecule is Nc1ccc(Cl)cc1C1(C(=O)O)CCC(F)(F)CC1. The molecule has 3 nitrogen and oxygen atoms in total. The van der Waals surface area contributed by atoms with E-state index in [0.717, 1.165) is 0 Å². The molecule has 19 heavy (non-hydrogen) atoms. The predicted octanol–water partition coefficient (Wildman–Crippen LogP) is 3.45. The summed E-state index contributed by atoms with van der Waals surface area (Å²) in [6.45, 7) is 0. The lowest BCUT2D eigenvalue weighted by Crippen LogP contribution is -2.43. The highest BCUT2D eigenvalue weighted by Gasteiger charge is 2.49. The molecule has 0 aliphatic heterocycles. The fourth-order valence-electron chi connectivity index (χ4n) is 2.58. The summed E-state index contributed by atoms with van der Waals surface area (Å²) in [6.07, 6.45) is -1.18. The quantitative estimate of drug-likeness (QED) is 0.820. The third kappa shape index (κ3) is 2.52. The highest BCUT2D eigenvalue weighted by Crippen LogP contribution is 2.47. The summed E-state index contributed by atoms with van der Waals surface area (Å²) in [6, 6.07) is 4.52. The summed E-state index contributed by atoms with van der Waals surface area (Å²) in [5.74, 6) is -3.93. The topological polar surface area (TPSA) is 63.3 Å². The van der Waals surface area contributed by atoms with Crippen LogP contribution in [0.3, 0.4) is 0 Å². The van der Waals surface area contributed by atoms with Gasteiger partial charge in [0.1, 0.15) is 0 Å². The molecule has 1 saturated carbocycles. The van der Waals surface area contributed by atoms with Crippen molar-refractivity contribution in [3.05, 3.63) is 28.8 Å². The van der Waals surface area contributed by atoms with Gasteiger partial charge in [-0.15, -0.1) is 0 Å². The van der Waals surface area contributed by atoms with Crippen molar-refractivity contribution in [2.24, 2.45) is 0 Å². The molecule has 0 atom stereocenters. The Morgan fingerprint density at radius 3 is 2.37 bits per heavy atom. The Morgan fingerprint density at radius 2 is 1.84 bits per heavy atom. The molecular formula is C13H14ClF2NO2. The fraction of sp³-hybridized carbons (Fsp3) is 0.462. The molecular weight excluding hydrogens is 276 g/mol. The van der Waals surface area contributed by atoms with E-state index < -0.39 is 30.1 Å². The van der Waals surface area contributed by atoms with Gasteiger partial charge in [0.25, 0.3) is 0 Å². The Morgan fingerprint density at radius 1 is 1.26 bits per heavy atom. The largest absolute Gasteiger partial charge is 0.481 e. The van der Waals surface area contributed by atoms with Gasteiger partial charge < -0.3 is 10.8 Å². The molecule has 1 aliphatic rings. The molecule has 0 heterocycles. The molecule has 1 fully saturated rings. The van der Waals surface area contributed by atoms with Crippen LogP contribution in [0.2, 0.25) is 5.02 Å². The molecule has 6 heteroatoms. The Bertz CT molecular complexity index is 509. The van der Waals surface area contributed by atoms with Crippen molar-refractivity contribution in [1.82, 2.24) is 0 Å². The maximum atomic E-state index is 13.3. The van der Waals surface area contributed by atoms with Crippen molar-refractivity contribution in [1.29, 1.82) is 0 Å². The van der Waals surface area contributed by atoms with E-state index in [9.17, 15) is 18.7 Å². The van der Waals surface area contributed by atoms with Gasteiger partial charge in [-0.3, -0.25) is 4.79 Å². The molecule has 0 radical (unpaired) electrons. The molecule has 0 amide bonds. The van der Waals surface area contributed by atoms with E-state index in [1.165, 1.54) is 12.1 Å². The number of rotatable bonds is 2. The summed E-state index contributed by atoms with van der Waals surface area (Å²) in [4.78, 5) is 11.6. The normalized spacial score (nSPS) is 21.0. The lowest BCUT2D eigenvalue weighted by Gasteiger charge is -2.37. The van der Waals surface area contributed by atoms with Crippen LogP contribution in [0, 0.1) is 0 Å². The summed E-state index contributed by atoms with van der Waals surface area (Å²) in [5.41, 5.74) is 5.05. The molecule has 0 unspecified atom stereocenters. The monoisotopic (exact) mass is 289 g/mol. The first-order valence-electron chi connectivity index (χ1n) is 5.94. The molecule has 2 rings (SSSR count). The highest BCUT2D eigenvalue weighted by atomic mass is 35.5. The summed E-state index contributed by atoms with van der Waals surface area (Å²) in [5, 5.41) is 9.83. The van der Waals surface area contributed by atoms with Crippen molar-refractivity contribution < 1.29 is 18.7 Å². The summed E-state index contributed by atoms with van der Waals surface area (Å²) >= 11 is 5.86. The van der Waals surface area contributed by atoms with Crippen molar-refractivity contribution >= 4 is 23.3 Å². The first-order valence-corrected chi connectivity index (χ1v) is 6.31. The van der Waals surface area contributed by atoms with Gasteiger partial charge in [0.05, 0.1) is 5.41 Å². The van der Waals surface area contributed by atoms with Crippen molar-refractivity contribution in [3.8, 4) is 0 Å². The van der Waals surface area contributed by atoms with Gasteiger partial charge in [0.15, 0.2) is 0 Å². The predicted molar refractivity (Wildman–Crippen MR) is 68.6 cm³/mol. The average Bonchev–Trinajstić information content (AvgIpc) is 2.33. The van der Waals surface area contributed by atoms with Crippen LogP contribution >= 0.6 is 11.6 Å². The average molecular weight is 290 g/mol. The van der Waals surface area contributed by atoms with E-state index in [0.29, 0.717) is 10.6 Å². The third-order valence-electron chi connectivity index (χ3n) is 3.78. The fourth-order valence-corrected chi connectivity index (χ4v) is 2.76. The minimum Gasteiger partial charge on any atom is -0.481 e. The van der Waals surface area contributed by atoms with Crippen molar-refractivity contribution in [2.45, 2.75) is 37.0 Å². The lowest BCUT2D eigenvalue weighted by atomic mass is 9.68. The van der Waals surface area contributed by atoms with Gasteiger partial charge in [0, 0.05) is 23.6 Å². The zero-order valence-electron chi connectivity index (χ0n) is 10.1. The maximum absolute atomic E-state index is 13.3. The Labute approximate surface area is 114 Å². The molecule has 1 aromatic rings. The Hall–Kier alpha value is -1.36. The van der Waals surface area contributed by atoms with Crippen LogP contribution in [-0.4, -0.2) is 17.0 Å². The van der Waals surface area contributed by atoms with E-state index in [4.69, 9.17) is 17.3 Å². The van der Waals surface area contributed by atoms with Gasteiger partial charge in [-0.05, 0) is 36.6 Å². The van der Waals surface area contributed by atoms with E-state index in [-0.39, 0.29) is 18.5 Å². The van der Waals surface area contributed by atoms with Crippen LogP contribution in [0.15, 0.2) is 18.2 Å². The van der Waals surface area contributed by atoms with Crippen LogP contribution < -0.4 is 5.73 Å². The second-order valence-electron chi connectivity index (χ2n) is 4.97. The number of alkyl halides is 2. The molecule has 104 valence electrons. The number of halogens is 3. The summed E-state index contributed by atoms with van der Waals surface area (Å²) in [7, 11) is 0. The third-order valence-corrected chi connectivity index (χ3v) is 4.01. The van der Waals surface area contributed by atoms with Gasteiger partial charge in [-0.1, -0.05) is 11.6 Å². The molecule has 0 bridgehead atoms. The van der Waals surface area contributed by atoms with Crippen LogP contribution in [0.4, 0.5) is 14.5 Å². The number of carbonyl (C=O) groups is 1. The highest BCUT2D eigenvalue weighted by molar-refractivity contribution is 6.30. The number of hydrogen-bond donors (Lipinski definition) is 2. The zero-order valence-corrected chi connectivity index (χ0v) is 10.9. The second kappa shape index (κ2) is 4.63. The van der Waals surface area contributed by atoms with Crippen LogP contribution in [0.1, 0.15) is 31.2 Å². The first kappa shape index (κ1) is 14.1. The molecule has 1 aromatic carbocycles. The van der Waals surface area contributed by atoms with Gasteiger partial charge in [-0.2, -0.15) is 0 Å². The molecule has 1 aliphatic carbocycles. The van der Waals surface area contributed by atoms with E-state index >= 15 is 0 Å². The number of hydrogen-bond acceptors (Lipinski definition) is 2. The number of carboxylic acids is 1. The molecule has 0 spiro atoms. The van der Waals surface area contributed by atoms with Gasteiger partial charge >= 0.3 is 5.97 Å². The minimum atomic E-state index is -2.80. The Kier molecular flexibility index (Phi) is 3.43. The Balaban J connectivity index is 2.47. The molecule has 3 N–H and O–H groups in total. The van der Waals surface area contributed by atoms with Gasteiger partial charge in [0.2, 0.25) is 5.92 Å². The molecule has 0 saturated heterocycles. The minimum absolute atomic E-state index is 0.139. The number of nitrogen functional groups attached to an aromatic ring is 1. The lowest BCUT2D eigenvalue weighted by molar-refractivity contribution is -0.149. The first-order chi connectivity index (χ1) is 8.77. The molecule has 0 aromatic heterocycles. The number of anilines is 1.